The van der Waals surface area contributed by atoms with Gasteiger partial charge in [0.2, 0.25) is 5.88 Å². The first-order valence-corrected chi connectivity index (χ1v) is 8.57. The number of methoxy groups -OCH3 is 1. The summed E-state index contributed by atoms with van der Waals surface area (Å²) in [6, 6.07) is 1.90. The fourth-order valence-electron chi connectivity index (χ4n) is 3.23. The Balaban J connectivity index is 2.02. The van der Waals surface area contributed by atoms with Crippen LogP contribution in [0.25, 0.3) is 5.57 Å². The quantitative estimate of drug-likeness (QED) is 0.840. The lowest BCUT2D eigenvalue weighted by Gasteiger charge is -2.33. The van der Waals surface area contributed by atoms with Crippen LogP contribution in [0.15, 0.2) is 18.3 Å². The Labute approximate surface area is 119 Å². The Morgan fingerprint density at radius 3 is 2.80 bits per heavy atom. The molecular weight excluding hydrogens is 274 g/mol. The number of allylic oxidation sites excluding steroid dienone is 1. The third-order valence-corrected chi connectivity index (χ3v) is 6.92. The van der Waals surface area contributed by atoms with Crippen molar-refractivity contribution in [3.05, 3.63) is 29.5 Å². The van der Waals surface area contributed by atoms with Crippen molar-refractivity contribution in [2.45, 2.75) is 43.1 Å². The number of aromatic nitrogens is 1. The molecule has 0 aromatic carbocycles. The largest absolute Gasteiger partial charge is 0.481 e. The van der Waals surface area contributed by atoms with E-state index < -0.39 is 9.84 Å². The van der Waals surface area contributed by atoms with Crippen LogP contribution in [0.2, 0.25) is 0 Å². The molecule has 2 aliphatic heterocycles. The van der Waals surface area contributed by atoms with Crippen LogP contribution in [-0.2, 0) is 9.84 Å². The standard InChI is InChI=1S/C15H19NO3S/c1-10-6-15(19-2)16-9-14(10)11-7-12-4-3-5-13(8-11)20(12,17)18/h6-7,9,12-13H,3-5,8H2,1-2H3. The van der Waals surface area contributed by atoms with Crippen molar-refractivity contribution in [1.82, 2.24) is 4.98 Å². The van der Waals surface area contributed by atoms with Gasteiger partial charge in [0.25, 0.3) is 0 Å². The molecule has 1 saturated heterocycles. The molecular formula is C15H19NO3S. The Morgan fingerprint density at radius 2 is 2.15 bits per heavy atom. The Morgan fingerprint density at radius 1 is 1.35 bits per heavy atom. The van der Waals surface area contributed by atoms with E-state index in [4.69, 9.17) is 4.74 Å². The average molecular weight is 293 g/mol. The first-order chi connectivity index (χ1) is 9.52. The maximum atomic E-state index is 12.3. The van der Waals surface area contributed by atoms with E-state index in [1.54, 1.807) is 13.3 Å². The summed E-state index contributed by atoms with van der Waals surface area (Å²) in [5.74, 6) is 0.593. The summed E-state index contributed by atoms with van der Waals surface area (Å²) in [6.07, 6.45) is 6.92. The number of fused-ring (bicyclic) bond motifs is 2. The molecule has 5 heteroatoms. The zero-order valence-electron chi connectivity index (χ0n) is 11.8. The van der Waals surface area contributed by atoms with Gasteiger partial charge in [-0.15, -0.1) is 0 Å². The summed E-state index contributed by atoms with van der Waals surface area (Å²) < 4.78 is 29.7. The van der Waals surface area contributed by atoms with E-state index >= 15 is 0 Å². The maximum absolute atomic E-state index is 12.3. The van der Waals surface area contributed by atoms with Crippen molar-refractivity contribution in [3.63, 3.8) is 0 Å². The van der Waals surface area contributed by atoms with E-state index in [2.05, 4.69) is 4.98 Å². The van der Waals surface area contributed by atoms with Gasteiger partial charge in [-0.3, -0.25) is 0 Å². The summed E-state index contributed by atoms with van der Waals surface area (Å²) in [7, 11) is -1.36. The van der Waals surface area contributed by atoms with Crippen LogP contribution in [0.4, 0.5) is 0 Å². The van der Waals surface area contributed by atoms with Crippen LogP contribution >= 0.6 is 0 Å². The molecule has 0 radical (unpaired) electrons. The number of pyridine rings is 1. The second-order valence-electron chi connectivity index (χ2n) is 5.62. The van der Waals surface area contributed by atoms with Gasteiger partial charge in [-0.1, -0.05) is 12.5 Å². The van der Waals surface area contributed by atoms with Crippen LogP contribution in [0.1, 0.15) is 36.8 Å². The number of nitrogens with zero attached hydrogens (tertiary/aromatic N) is 1. The highest BCUT2D eigenvalue weighted by molar-refractivity contribution is 7.93. The van der Waals surface area contributed by atoms with Gasteiger partial charge in [-0.05, 0) is 42.9 Å². The van der Waals surface area contributed by atoms with Gasteiger partial charge >= 0.3 is 0 Å². The van der Waals surface area contributed by atoms with Crippen molar-refractivity contribution in [2.24, 2.45) is 0 Å². The number of hydrogen-bond donors (Lipinski definition) is 0. The molecule has 1 aromatic rings. The molecule has 2 atom stereocenters. The van der Waals surface area contributed by atoms with Crippen LogP contribution < -0.4 is 4.74 Å². The van der Waals surface area contributed by atoms with E-state index in [-0.39, 0.29) is 10.5 Å². The minimum absolute atomic E-state index is 0.206. The van der Waals surface area contributed by atoms with Gasteiger partial charge in [0.05, 0.1) is 17.6 Å². The lowest BCUT2D eigenvalue weighted by molar-refractivity contribution is 0.397. The fraction of sp³-hybridized carbons (Fsp3) is 0.533. The van der Waals surface area contributed by atoms with Crippen LogP contribution in [-0.4, -0.2) is 31.0 Å². The van der Waals surface area contributed by atoms with Gasteiger partial charge < -0.3 is 4.74 Å². The molecule has 1 aromatic heterocycles. The molecule has 0 N–H and O–H groups in total. The minimum Gasteiger partial charge on any atom is -0.481 e. The van der Waals surface area contributed by atoms with Crippen molar-refractivity contribution in [3.8, 4) is 5.88 Å². The molecule has 3 rings (SSSR count). The molecule has 3 heterocycles. The van der Waals surface area contributed by atoms with Gasteiger partial charge in [0.1, 0.15) is 0 Å². The van der Waals surface area contributed by atoms with Crippen LogP contribution in [0, 0.1) is 6.92 Å². The number of aryl methyl sites for hydroxylation is 1. The normalized spacial score (nSPS) is 27.8. The second-order valence-corrected chi connectivity index (χ2v) is 8.07. The molecule has 20 heavy (non-hydrogen) atoms. The molecule has 2 bridgehead atoms. The number of sulfone groups is 1. The highest BCUT2D eigenvalue weighted by Gasteiger charge is 2.40. The lowest BCUT2D eigenvalue weighted by atomic mass is 9.92. The first kappa shape index (κ1) is 13.6. The molecule has 0 spiro atoms. The SMILES string of the molecule is COc1cc(C)c(C2=CC3CCCC(C2)S3(=O)=O)cn1. The summed E-state index contributed by atoms with van der Waals surface area (Å²) >= 11 is 0. The summed E-state index contributed by atoms with van der Waals surface area (Å²) in [5, 5.41) is -0.505. The molecule has 108 valence electrons. The zero-order chi connectivity index (χ0) is 14.3. The van der Waals surface area contributed by atoms with Gasteiger partial charge in [0, 0.05) is 12.3 Å². The monoisotopic (exact) mass is 293 g/mol. The van der Waals surface area contributed by atoms with Crippen LogP contribution in [0.3, 0.4) is 0 Å². The predicted molar refractivity (Wildman–Crippen MR) is 78.5 cm³/mol. The Hall–Kier alpha value is -1.36. The average Bonchev–Trinajstić information content (AvgIpc) is 2.37. The van der Waals surface area contributed by atoms with Crippen molar-refractivity contribution in [1.29, 1.82) is 0 Å². The molecule has 4 nitrogen and oxygen atoms in total. The van der Waals surface area contributed by atoms with Crippen molar-refractivity contribution >= 4 is 15.4 Å². The number of hydrogen-bond acceptors (Lipinski definition) is 4. The fourth-order valence-corrected chi connectivity index (χ4v) is 5.48. The third kappa shape index (κ3) is 2.14. The van der Waals surface area contributed by atoms with Gasteiger partial charge in [-0.2, -0.15) is 0 Å². The highest BCUT2D eigenvalue weighted by atomic mass is 32.2. The Bertz CT molecular complexity index is 664. The van der Waals surface area contributed by atoms with E-state index in [1.165, 1.54) is 0 Å². The van der Waals surface area contributed by atoms with E-state index in [9.17, 15) is 8.42 Å². The smallest absolute Gasteiger partial charge is 0.213 e. The molecule has 2 aliphatic rings. The molecule has 0 amide bonds. The summed E-state index contributed by atoms with van der Waals surface area (Å²) in [5.41, 5.74) is 3.26. The third-order valence-electron chi connectivity index (χ3n) is 4.38. The number of rotatable bonds is 2. The second kappa shape index (κ2) is 4.88. The van der Waals surface area contributed by atoms with Crippen molar-refractivity contribution in [2.75, 3.05) is 7.11 Å². The summed E-state index contributed by atoms with van der Waals surface area (Å²) in [4.78, 5) is 4.25. The first-order valence-electron chi connectivity index (χ1n) is 6.97. The van der Waals surface area contributed by atoms with Crippen molar-refractivity contribution < 1.29 is 13.2 Å². The zero-order valence-corrected chi connectivity index (χ0v) is 12.6. The van der Waals surface area contributed by atoms with E-state index in [1.807, 2.05) is 19.1 Å². The molecule has 2 unspecified atom stereocenters. The molecule has 1 fully saturated rings. The Kier molecular flexibility index (Phi) is 3.32. The maximum Gasteiger partial charge on any atom is 0.213 e. The molecule has 0 saturated carbocycles. The van der Waals surface area contributed by atoms with Gasteiger partial charge in [-0.25, -0.2) is 13.4 Å². The van der Waals surface area contributed by atoms with Gasteiger partial charge in [0.15, 0.2) is 9.84 Å². The van der Waals surface area contributed by atoms with E-state index in [0.717, 1.165) is 36.0 Å². The lowest BCUT2D eigenvalue weighted by Crippen LogP contribution is -2.38. The minimum atomic E-state index is -2.95. The van der Waals surface area contributed by atoms with Crippen LogP contribution in [0.5, 0.6) is 5.88 Å². The number of ether oxygens (including phenoxy) is 1. The summed E-state index contributed by atoms with van der Waals surface area (Å²) in [6.45, 7) is 2.01. The predicted octanol–water partition coefficient (Wildman–Crippen LogP) is 2.52. The highest BCUT2D eigenvalue weighted by Crippen LogP contribution is 2.39. The topological polar surface area (TPSA) is 56.3 Å². The molecule has 0 aliphatic carbocycles. The van der Waals surface area contributed by atoms with E-state index in [0.29, 0.717) is 12.3 Å².